The zero-order chi connectivity index (χ0) is 16.9. The molecule has 1 aliphatic carbocycles. The van der Waals surface area contributed by atoms with Crippen LogP contribution in [0, 0.1) is 0 Å². The van der Waals surface area contributed by atoms with Crippen LogP contribution >= 0.6 is 11.8 Å². The molecule has 1 N–H and O–H groups in total. The molecule has 0 aromatic rings. The third-order valence-corrected chi connectivity index (χ3v) is 6.13. The van der Waals surface area contributed by atoms with Crippen molar-refractivity contribution in [1.82, 2.24) is 15.1 Å². The number of thioether (sulfide) groups is 1. The van der Waals surface area contributed by atoms with E-state index in [9.17, 15) is 4.79 Å². The third-order valence-electron chi connectivity index (χ3n) is 4.59. The van der Waals surface area contributed by atoms with Crippen molar-refractivity contribution >= 4 is 23.6 Å². The van der Waals surface area contributed by atoms with Crippen LogP contribution in [0.15, 0.2) is 4.99 Å². The molecule has 2 rings (SSSR count). The fraction of sp³-hybridized carbons (Fsp3) is 0.882. The van der Waals surface area contributed by atoms with E-state index in [0.29, 0.717) is 10.8 Å². The molecule has 23 heavy (non-hydrogen) atoms. The van der Waals surface area contributed by atoms with Crippen LogP contribution in [0.5, 0.6) is 0 Å². The monoisotopic (exact) mass is 340 g/mol. The minimum atomic E-state index is 0.0480. The minimum absolute atomic E-state index is 0.0480. The first-order valence-corrected chi connectivity index (χ1v) is 9.80. The molecule has 1 saturated carbocycles. The van der Waals surface area contributed by atoms with Crippen molar-refractivity contribution in [2.24, 2.45) is 4.99 Å². The molecule has 2 aliphatic rings. The zero-order valence-corrected chi connectivity index (χ0v) is 15.9. The van der Waals surface area contributed by atoms with Gasteiger partial charge in [-0.2, -0.15) is 11.8 Å². The summed E-state index contributed by atoms with van der Waals surface area (Å²) in [6.45, 7) is 6.54. The lowest BCUT2D eigenvalue weighted by molar-refractivity contribution is -0.127. The van der Waals surface area contributed by atoms with Gasteiger partial charge in [-0.3, -0.25) is 4.79 Å². The van der Waals surface area contributed by atoms with Crippen LogP contribution < -0.4 is 5.32 Å². The van der Waals surface area contributed by atoms with Gasteiger partial charge in [0.1, 0.15) is 6.54 Å². The molecule has 6 heteroatoms. The van der Waals surface area contributed by atoms with Gasteiger partial charge >= 0.3 is 0 Å². The van der Waals surface area contributed by atoms with Gasteiger partial charge in [0.25, 0.3) is 0 Å². The standard InChI is InChI=1S/C17H32N4OS/c1-14(2)19-16(18-12-15(22)20(3)4)21-10-11-23-17(13-21)8-6-5-7-9-17/h14H,5-13H2,1-4H3,(H,18,19). The van der Waals surface area contributed by atoms with Gasteiger partial charge in [0.05, 0.1) is 0 Å². The maximum Gasteiger partial charge on any atom is 0.243 e. The van der Waals surface area contributed by atoms with Crippen LogP contribution in [0.3, 0.4) is 0 Å². The Labute approximate surface area is 145 Å². The van der Waals surface area contributed by atoms with Gasteiger partial charge in [-0.05, 0) is 26.7 Å². The molecule has 0 aromatic carbocycles. The van der Waals surface area contributed by atoms with Crippen molar-refractivity contribution in [2.45, 2.75) is 56.7 Å². The maximum absolute atomic E-state index is 11.9. The summed E-state index contributed by atoms with van der Waals surface area (Å²) in [4.78, 5) is 20.5. The maximum atomic E-state index is 11.9. The number of hydrogen-bond donors (Lipinski definition) is 1. The van der Waals surface area contributed by atoms with E-state index in [2.05, 4.69) is 40.8 Å². The van der Waals surface area contributed by atoms with Crippen LogP contribution in [0.25, 0.3) is 0 Å². The highest BCUT2D eigenvalue weighted by Crippen LogP contribution is 2.42. The molecule has 5 nitrogen and oxygen atoms in total. The van der Waals surface area contributed by atoms with Crippen molar-refractivity contribution in [3.8, 4) is 0 Å². The van der Waals surface area contributed by atoms with Gasteiger partial charge < -0.3 is 15.1 Å². The average molecular weight is 341 g/mol. The molecule has 1 saturated heterocycles. The van der Waals surface area contributed by atoms with Crippen molar-refractivity contribution in [3.63, 3.8) is 0 Å². The molecule has 0 unspecified atom stereocenters. The van der Waals surface area contributed by atoms with Gasteiger partial charge in [0, 0.05) is 43.7 Å². The van der Waals surface area contributed by atoms with Crippen molar-refractivity contribution in [3.05, 3.63) is 0 Å². The fourth-order valence-corrected chi connectivity index (χ4v) is 4.87. The predicted molar refractivity (Wildman–Crippen MR) is 99.1 cm³/mol. The molecule has 132 valence electrons. The second-order valence-electron chi connectivity index (χ2n) is 7.24. The lowest BCUT2D eigenvalue weighted by atomic mass is 9.87. The number of carbonyl (C=O) groups excluding carboxylic acids is 1. The summed E-state index contributed by atoms with van der Waals surface area (Å²) in [5, 5.41) is 3.46. The Hall–Kier alpha value is -0.910. The number of rotatable bonds is 3. The number of guanidine groups is 1. The molecule has 1 amide bonds. The SMILES string of the molecule is CC(C)NC(=NCC(=O)N(C)C)N1CCSC2(CCCCC2)C1. The fourth-order valence-electron chi connectivity index (χ4n) is 3.30. The molecule has 1 spiro atoms. The predicted octanol–water partition coefficient (Wildman–Crippen LogP) is 2.18. The zero-order valence-electron chi connectivity index (χ0n) is 15.1. The number of carbonyl (C=O) groups is 1. The Morgan fingerprint density at radius 1 is 1.30 bits per heavy atom. The highest BCUT2D eigenvalue weighted by atomic mass is 32.2. The lowest BCUT2D eigenvalue weighted by Gasteiger charge is -2.45. The van der Waals surface area contributed by atoms with Gasteiger partial charge in [0.2, 0.25) is 5.91 Å². The Morgan fingerprint density at radius 2 is 2.00 bits per heavy atom. The lowest BCUT2D eigenvalue weighted by Crippen LogP contribution is -2.54. The quantitative estimate of drug-likeness (QED) is 0.632. The van der Waals surface area contributed by atoms with E-state index in [0.717, 1.165) is 24.8 Å². The van der Waals surface area contributed by atoms with Crippen molar-refractivity contribution < 1.29 is 4.79 Å². The summed E-state index contributed by atoms with van der Waals surface area (Å²) >= 11 is 2.16. The van der Waals surface area contributed by atoms with Crippen LogP contribution in [-0.4, -0.2) is 71.9 Å². The summed E-state index contributed by atoms with van der Waals surface area (Å²) in [7, 11) is 3.56. The van der Waals surface area contributed by atoms with Crippen LogP contribution in [0.2, 0.25) is 0 Å². The molecule has 0 aromatic heterocycles. The highest BCUT2D eigenvalue weighted by molar-refractivity contribution is 8.00. The van der Waals surface area contributed by atoms with Gasteiger partial charge in [-0.1, -0.05) is 19.3 Å². The second-order valence-corrected chi connectivity index (χ2v) is 8.80. The normalized spacial score (nSPS) is 21.6. The van der Waals surface area contributed by atoms with Gasteiger partial charge in [-0.15, -0.1) is 0 Å². The summed E-state index contributed by atoms with van der Waals surface area (Å²) in [6.07, 6.45) is 6.72. The summed E-state index contributed by atoms with van der Waals surface area (Å²) in [5.41, 5.74) is 0. The van der Waals surface area contributed by atoms with Gasteiger partial charge in [-0.25, -0.2) is 4.99 Å². The molecular weight excluding hydrogens is 308 g/mol. The van der Waals surface area contributed by atoms with Crippen LogP contribution in [-0.2, 0) is 4.79 Å². The Morgan fingerprint density at radius 3 is 2.61 bits per heavy atom. The smallest absolute Gasteiger partial charge is 0.243 e. The van der Waals surface area contributed by atoms with E-state index in [4.69, 9.17) is 0 Å². The molecule has 0 atom stereocenters. The number of aliphatic imine (C=N–C) groups is 1. The van der Waals surface area contributed by atoms with E-state index >= 15 is 0 Å². The second kappa shape index (κ2) is 8.27. The molecular formula is C17H32N4OS. The molecule has 1 aliphatic heterocycles. The Balaban J connectivity index is 2.07. The van der Waals surface area contributed by atoms with Crippen LogP contribution in [0.4, 0.5) is 0 Å². The first-order chi connectivity index (χ1) is 10.9. The first kappa shape index (κ1) is 18.4. The van der Waals surface area contributed by atoms with Crippen molar-refractivity contribution in [1.29, 1.82) is 0 Å². The van der Waals surface area contributed by atoms with Gasteiger partial charge in [0.15, 0.2) is 5.96 Å². The molecule has 0 radical (unpaired) electrons. The Bertz CT molecular complexity index is 425. The number of nitrogens with one attached hydrogen (secondary N) is 1. The number of amides is 1. The van der Waals surface area contributed by atoms with E-state index in [1.807, 2.05) is 0 Å². The van der Waals surface area contributed by atoms with E-state index in [-0.39, 0.29) is 12.5 Å². The van der Waals surface area contributed by atoms with Crippen LogP contribution in [0.1, 0.15) is 46.0 Å². The molecule has 1 heterocycles. The topological polar surface area (TPSA) is 47.9 Å². The van der Waals surface area contributed by atoms with Crippen molar-refractivity contribution in [2.75, 3.05) is 39.5 Å². The highest BCUT2D eigenvalue weighted by Gasteiger charge is 2.38. The number of likely N-dealkylation sites (N-methyl/N-ethyl adjacent to an activating group) is 1. The third kappa shape index (κ3) is 5.30. The summed E-state index contributed by atoms with van der Waals surface area (Å²) in [5.74, 6) is 2.10. The molecule has 0 bridgehead atoms. The summed E-state index contributed by atoms with van der Waals surface area (Å²) in [6, 6.07) is 0.320. The minimum Gasteiger partial charge on any atom is -0.354 e. The average Bonchev–Trinajstić information content (AvgIpc) is 2.51. The number of hydrogen-bond acceptors (Lipinski definition) is 3. The molecule has 2 fully saturated rings. The van der Waals surface area contributed by atoms with E-state index < -0.39 is 0 Å². The summed E-state index contributed by atoms with van der Waals surface area (Å²) < 4.78 is 0.404. The van der Waals surface area contributed by atoms with E-state index in [1.54, 1.807) is 19.0 Å². The Kier molecular flexibility index (Phi) is 6.62. The number of nitrogens with zero attached hydrogens (tertiary/aromatic N) is 3. The first-order valence-electron chi connectivity index (χ1n) is 8.82. The largest absolute Gasteiger partial charge is 0.354 e. The van der Waals surface area contributed by atoms with E-state index in [1.165, 1.54) is 32.1 Å².